The summed E-state index contributed by atoms with van der Waals surface area (Å²) in [5.74, 6) is 0.523. The van der Waals surface area contributed by atoms with Crippen molar-refractivity contribution < 1.29 is 9.21 Å². The zero-order valence-corrected chi connectivity index (χ0v) is 17.9. The maximum atomic E-state index is 12.5. The third kappa shape index (κ3) is 4.38. The van der Waals surface area contributed by atoms with Gasteiger partial charge in [-0.05, 0) is 54.9 Å². The molecule has 0 bridgehead atoms. The molecule has 2 aromatic rings. The van der Waals surface area contributed by atoms with Crippen molar-refractivity contribution in [2.75, 3.05) is 0 Å². The molecule has 2 aliphatic heterocycles. The number of nitrogens with zero attached hydrogens (tertiary/aromatic N) is 3. The van der Waals surface area contributed by atoms with Gasteiger partial charge in [0.05, 0.1) is 5.57 Å². The normalized spacial score (nSPS) is 17.8. The molecule has 3 heterocycles. The highest BCUT2D eigenvalue weighted by Gasteiger charge is 2.35. The fourth-order valence-corrected chi connectivity index (χ4v) is 4.67. The largest absolute Gasteiger partial charge is 0.450 e. The summed E-state index contributed by atoms with van der Waals surface area (Å²) in [4.78, 5) is 17.7. The van der Waals surface area contributed by atoms with Gasteiger partial charge in [-0.1, -0.05) is 43.3 Å². The summed E-state index contributed by atoms with van der Waals surface area (Å²) < 4.78 is 5.83. The lowest BCUT2D eigenvalue weighted by molar-refractivity contribution is -0.114. The summed E-state index contributed by atoms with van der Waals surface area (Å²) in [6, 6.07) is 11.8. The Kier molecular flexibility index (Phi) is 5.47. The number of aryl methyl sites for hydroxylation is 1. The Labute approximate surface area is 177 Å². The molecule has 0 saturated carbocycles. The first-order chi connectivity index (χ1) is 13.9. The topological polar surface area (TPSA) is 82.0 Å². The van der Waals surface area contributed by atoms with Crippen LogP contribution in [0.15, 0.2) is 66.5 Å². The highest BCUT2D eigenvalue weighted by atomic mass is 32.2. The van der Waals surface area contributed by atoms with Gasteiger partial charge >= 0.3 is 0 Å². The van der Waals surface area contributed by atoms with Gasteiger partial charge in [0, 0.05) is 11.3 Å². The van der Waals surface area contributed by atoms with Gasteiger partial charge in [-0.25, -0.2) is 0 Å². The number of carbonyl (C=O) groups is 1. The molecule has 1 aromatic heterocycles. The van der Waals surface area contributed by atoms with Crippen molar-refractivity contribution in [3.63, 3.8) is 0 Å². The molecule has 0 atom stereocenters. The number of fused-ring (bicyclic) bond motifs is 1. The smallest absolute Gasteiger partial charge is 0.283 e. The number of hydrogen-bond acceptors (Lipinski definition) is 6. The van der Waals surface area contributed by atoms with Crippen LogP contribution in [0.4, 0.5) is 0 Å². The van der Waals surface area contributed by atoms with E-state index >= 15 is 0 Å². The number of amides is 1. The summed E-state index contributed by atoms with van der Waals surface area (Å²) in [5, 5.41) is 16.3. The highest BCUT2D eigenvalue weighted by Crippen LogP contribution is 2.32. The van der Waals surface area contributed by atoms with Gasteiger partial charge in [0.15, 0.2) is 10.9 Å². The van der Waals surface area contributed by atoms with Gasteiger partial charge < -0.3 is 4.42 Å². The van der Waals surface area contributed by atoms with Crippen molar-refractivity contribution in [2.24, 2.45) is 16.0 Å². The van der Waals surface area contributed by atoms with Crippen LogP contribution in [0, 0.1) is 18.3 Å². The second-order valence-corrected chi connectivity index (χ2v) is 9.30. The van der Waals surface area contributed by atoms with E-state index in [0.717, 1.165) is 16.4 Å². The molecule has 148 valence electrons. The van der Waals surface area contributed by atoms with E-state index in [1.807, 2.05) is 37.3 Å². The molecule has 0 fully saturated rings. The Morgan fingerprint density at radius 2 is 2.00 bits per heavy atom. The van der Waals surface area contributed by atoms with Crippen LogP contribution < -0.4 is 0 Å². The van der Waals surface area contributed by atoms with E-state index in [2.05, 4.69) is 23.9 Å². The van der Waals surface area contributed by atoms with Crippen LogP contribution in [-0.4, -0.2) is 27.0 Å². The molecule has 2 aliphatic rings. The fraction of sp³-hybridized carbons (Fsp3) is 0.238. The quantitative estimate of drug-likeness (QED) is 0.650. The predicted octanol–water partition coefficient (Wildman–Crippen LogP) is 5.40. The second-order valence-electron chi connectivity index (χ2n) is 7.18. The molecular weight excluding hydrogens is 404 g/mol. The van der Waals surface area contributed by atoms with Gasteiger partial charge in [-0.15, -0.1) is 0 Å². The Morgan fingerprint density at radius 1 is 1.24 bits per heavy atom. The molecule has 8 heteroatoms. The number of rotatable bonds is 5. The van der Waals surface area contributed by atoms with Crippen molar-refractivity contribution in [2.45, 2.75) is 37.2 Å². The van der Waals surface area contributed by atoms with Crippen LogP contribution in [0.25, 0.3) is 6.08 Å². The minimum absolute atomic E-state index is 0.0235. The standard InChI is InChI=1S/C21H20N4O2S2/c1-12(2)10-17-24-25-19(22)16(20(26)23-21(25)29-17)11-14-6-9-18(27-14)28-15-7-4-13(3)5-8-15/h4-9,11-12,22H,10H2,1-3H3/b16-11-,22-19?. The Balaban J connectivity index is 1.53. The highest BCUT2D eigenvalue weighted by molar-refractivity contribution is 8.26. The van der Waals surface area contributed by atoms with E-state index in [1.54, 1.807) is 12.1 Å². The third-order valence-corrected chi connectivity index (χ3v) is 6.07. The van der Waals surface area contributed by atoms with Crippen molar-refractivity contribution in [1.82, 2.24) is 5.01 Å². The van der Waals surface area contributed by atoms with Gasteiger partial charge in [-0.2, -0.15) is 15.1 Å². The summed E-state index contributed by atoms with van der Waals surface area (Å²) in [6.07, 6.45) is 2.35. The van der Waals surface area contributed by atoms with Gasteiger partial charge in [-0.3, -0.25) is 10.2 Å². The SMILES string of the molecule is Cc1ccc(Sc2ccc(/C=C3/C(=N)N4N=C(CC(C)C)SC4=NC3=O)o2)cc1. The molecular formula is C21H20N4O2S2. The first-order valence-corrected chi connectivity index (χ1v) is 10.9. The average Bonchev–Trinajstić information content (AvgIpc) is 3.26. The number of nitrogens with one attached hydrogen (secondary N) is 1. The lowest BCUT2D eigenvalue weighted by atomic mass is 10.1. The van der Waals surface area contributed by atoms with Crippen LogP contribution in [0.3, 0.4) is 0 Å². The van der Waals surface area contributed by atoms with Crippen LogP contribution in [-0.2, 0) is 4.79 Å². The zero-order chi connectivity index (χ0) is 20.5. The fourth-order valence-electron chi connectivity index (χ4n) is 2.79. The molecule has 1 aromatic carbocycles. The van der Waals surface area contributed by atoms with E-state index in [0.29, 0.717) is 21.9 Å². The molecule has 0 unspecified atom stereocenters. The van der Waals surface area contributed by atoms with Crippen LogP contribution in [0.5, 0.6) is 0 Å². The monoisotopic (exact) mass is 424 g/mol. The molecule has 0 aliphatic carbocycles. The Bertz CT molecular complexity index is 1060. The number of furan rings is 1. The second kappa shape index (κ2) is 8.04. The van der Waals surface area contributed by atoms with Gasteiger partial charge in [0.1, 0.15) is 10.8 Å². The molecule has 0 spiro atoms. The Morgan fingerprint density at radius 3 is 2.72 bits per heavy atom. The molecule has 1 N–H and O–H groups in total. The third-order valence-electron chi connectivity index (χ3n) is 4.21. The van der Waals surface area contributed by atoms with E-state index < -0.39 is 5.91 Å². The molecule has 0 radical (unpaired) electrons. The number of aliphatic imine (C=N–C) groups is 1. The first kappa shape index (κ1) is 19.7. The van der Waals surface area contributed by atoms with Gasteiger partial charge in [0.25, 0.3) is 5.91 Å². The number of carbonyl (C=O) groups excluding carboxylic acids is 1. The van der Waals surface area contributed by atoms with Crippen LogP contribution >= 0.6 is 23.5 Å². The van der Waals surface area contributed by atoms with Crippen molar-refractivity contribution >= 4 is 51.6 Å². The summed E-state index contributed by atoms with van der Waals surface area (Å²) in [7, 11) is 0. The Hall–Kier alpha value is -2.58. The minimum Gasteiger partial charge on any atom is -0.450 e. The van der Waals surface area contributed by atoms with Crippen molar-refractivity contribution in [1.29, 1.82) is 5.41 Å². The van der Waals surface area contributed by atoms with Crippen molar-refractivity contribution in [3.8, 4) is 0 Å². The minimum atomic E-state index is -0.445. The summed E-state index contributed by atoms with van der Waals surface area (Å²) in [6.45, 7) is 6.25. The summed E-state index contributed by atoms with van der Waals surface area (Å²) >= 11 is 2.86. The molecule has 6 nitrogen and oxygen atoms in total. The first-order valence-electron chi connectivity index (χ1n) is 9.22. The van der Waals surface area contributed by atoms with E-state index in [9.17, 15) is 4.79 Å². The number of amidine groups is 2. The predicted molar refractivity (Wildman–Crippen MR) is 118 cm³/mol. The van der Waals surface area contributed by atoms with Gasteiger partial charge in [0.2, 0.25) is 5.17 Å². The molecule has 4 rings (SSSR count). The van der Waals surface area contributed by atoms with E-state index in [1.165, 1.54) is 34.1 Å². The van der Waals surface area contributed by atoms with Crippen LogP contribution in [0.2, 0.25) is 0 Å². The molecule has 1 amide bonds. The number of hydrogen-bond donors (Lipinski definition) is 1. The lowest BCUT2D eigenvalue weighted by Crippen LogP contribution is -2.35. The lowest BCUT2D eigenvalue weighted by Gasteiger charge is -2.19. The zero-order valence-electron chi connectivity index (χ0n) is 16.3. The molecule has 29 heavy (non-hydrogen) atoms. The average molecular weight is 425 g/mol. The van der Waals surface area contributed by atoms with E-state index in [4.69, 9.17) is 9.83 Å². The number of benzene rings is 1. The number of thioether (sulfide) groups is 1. The summed E-state index contributed by atoms with van der Waals surface area (Å²) in [5.41, 5.74) is 1.37. The maximum absolute atomic E-state index is 12.5. The molecule has 0 saturated heterocycles. The number of hydrazone groups is 1. The van der Waals surface area contributed by atoms with Crippen LogP contribution in [0.1, 0.15) is 31.6 Å². The van der Waals surface area contributed by atoms with E-state index in [-0.39, 0.29) is 11.4 Å². The van der Waals surface area contributed by atoms with Crippen molar-refractivity contribution in [3.05, 3.63) is 53.3 Å². The maximum Gasteiger partial charge on any atom is 0.283 e.